The minimum Gasteiger partial charge on any atom is -0.497 e. The molecule has 0 spiro atoms. The number of nitrogens with zero attached hydrogens (tertiary/aromatic N) is 1. The van der Waals surface area contributed by atoms with Crippen molar-refractivity contribution in [2.45, 2.75) is 6.92 Å². The average molecular weight is 282 g/mol. The van der Waals surface area contributed by atoms with Crippen LogP contribution in [-0.4, -0.2) is 16.7 Å². The fraction of sp³-hybridized carbons (Fsp3) is 0.125. The Morgan fingerprint density at radius 2 is 1.76 bits per heavy atom. The second-order valence-electron chi connectivity index (χ2n) is 4.82. The van der Waals surface area contributed by atoms with Gasteiger partial charge in [0, 0.05) is 0 Å². The van der Waals surface area contributed by atoms with Crippen LogP contribution in [0.25, 0.3) is 16.6 Å². The van der Waals surface area contributed by atoms with Crippen molar-refractivity contribution in [3.8, 4) is 11.4 Å². The third-order valence-electron chi connectivity index (χ3n) is 3.40. The van der Waals surface area contributed by atoms with Gasteiger partial charge in [-0.15, -0.1) is 0 Å². The van der Waals surface area contributed by atoms with Crippen LogP contribution in [-0.2, 0) is 0 Å². The molecule has 0 aliphatic carbocycles. The van der Waals surface area contributed by atoms with Crippen molar-refractivity contribution in [1.29, 1.82) is 0 Å². The highest BCUT2D eigenvalue weighted by molar-refractivity contribution is 5.79. The molecule has 106 valence electrons. The van der Waals surface area contributed by atoms with E-state index in [1.165, 1.54) is 7.11 Å². The highest BCUT2D eigenvalue weighted by Crippen LogP contribution is 2.16. The zero-order valence-corrected chi connectivity index (χ0v) is 11.7. The quantitative estimate of drug-likeness (QED) is 0.782. The van der Waals surface area contributed by atoms with E-state index in [0.29, 0.717) is 22.3 Å². The van der Waals surface area contributed by atoms with Gasteiger partial charge in [0.05, 0.1) is 23.7 Å². The van der Waals surface area contributed by atoms with Crippen LogP contribution < -0.4 is 16.0 Å². The molecule has 0 saturated heterocycles. The summed E-state index contributed by atoms with van der Waals surface area (Å²) in [5.41, 5.74) is 1.27. The Balaban J connectivity index is 2.35. The SMILES string of the molecule is COc1ccc2[nH]c(=O)n(-c3ccc(C)cc3)c(=O)c2c1. The van der Waals surface area contributed by atoms with Gasteiger partial charge in [-0.25, -0.2) is 9.36 Å². The number of methoxy groups -OCH3 is 1. The molecule has 0 amide bonds. The number of fused-ring (bicyclic) bond motifs is 1. The van der Waals surface area contributed by atoms with Gasteiger partial charge in [0.1, 0.15) is 5.75 Å². The summed E-state index contributed by atoms with van der Waals surface area (Å²) >= 11 is 0. The van der Waals surface area contributed by atoms with Crippen LogP contribution in [0.2, 0.25) is 0 Å². The normalized spacial score (nSPS) is 10.8. The van der Waals surface area contributed by atoms with Crippen molar-refractivity contribution >= 4 is 10.9 Å². The van der Waals surface area contributed by atoms with Crippen molar-refractivity contribution in [2.24, 2.45) is 0 Å². The van der Waals surface area contributed by atoms with E-state index in [4.69, 9.17) is 4.74 Å². The van der Waals surface area contributed by atoms with Crippen molar-refractivity contribution in [3.63, 3.8) is 0 Å². The molecule has 5 nitrogen and oxygen atoms in total. The van der Waals surface area contributed by atoms with E-state index < -0.39 is 5.69 Å². The molecule has 1 aromatic heterocycles. The van der Waals surface area contributed by atoms with Gasteiger partial charge < -0.3 is 9.72 Å². The first kappa shape index (κ1) is 13.2. The lowest BCUT2D eigenvalue weighted by Crippen LogP contribution is -2.33. The molecule has 21 heavy (non-hydrogen) atoms. The van der Waals surface area contributed by atoms with Crippen LogP contribution in [0.4, 0.5) is 0 Å². The van der Waals surface area contributed by atoms with Gasteiger partial charge >= 0.3 is 5.69 Å². The number of nitrogens with one attached hydrogen (secondary N) is 1. The number of benzene rings is 2. The fourth-order valence-electron chi connectivity index (χ4n) is 2.25. The molecule has 3 rings (SSSR count). The lowest BCUT2D eigenvalue weighted by atomic mass is 10.2. The van der Waals surface area contributed by atoms with Crippen molar-refractivity contribution in [2.75, 3.05) is 7.11 Å². The molecule has 1 heterocycles. The number of aromatic amines is 1. The summed E-state index contributed by atoms with van der Waals surface area (Å²) < 4.78 is 6.25. The first-order valence-electron chi connectivity index (χ1n) is 6.50. The topological polar surface area (TPSA) is 64.1 Å². The number of H-pyrrole nitrogens is 1. The van der Waals surface area contributed by atoms with Crippen molar-refractivity contribution in [1.82, 2.24) is 9.55 Å². The van der Waals surface area contributed by atoms with E-state index in [-0.39, 0.29) is 5.56 Å². The molecule has 1 N–H and O–H groups in total. The third kappa shape index (κ3) is 2.23. The summed E-state index contributed by atoms with van der Waals surface area (Å²) in [6.07, 6.45) is 0. The first-order valence-corrected chi connectivity index (χ1v) is 6.50. The minimum atomic E-state index is -0.457. The predicted molar refractivity (Wildman–Crippen MR) is 81.5 cm³/mol. The highest BCUT2D eigenvalue weighted by atomic mass is 16.5. The Bertz CT molecular complexity index is 921. The van der Waals surface area contributed by atoms with E-state index in [1.807, 2.05) is 19.1 Å². The molecule has 0 radical (unpaired) electrons. The van der Waals surface area contributed by atoms with Gasteiger partial charge in [0.15, 0.2) is 0 Å². The molecule has 2 aromatic carbocycles. The number of ether oxygens (including phenoxy) is 1. The molecule has 5 heteroatoms. The standard InChI is InChI=1S/C16H14N2O3/c1-10-3-5-11(6-4-10)18-15(19)13-9-12(21-2)7-8-14(13)17-16(18)20/h3-9H,1-2H3,(H,17,20). The van der Waals surface area contributed by atoms with Crippen LogP contribution in [0, 0.1) is 6.92 Å². The van der Waals surface area contributed by atoms with Gasteiger partial charge in [-0.2, -0.15) is 0 Å². The molecule has 0 aliphatic rings. The summed E-state index contributed by atoms with van der Waals surface area (Å²) in [4.78, 5) is 27.5. The third-order valence-corrected chi connectivity index (χ3v) is 3.40. The molecular weight excluding hydrogens is 268 g/mol. The maximum Gasteiger partial charge on any atom is 0.333 e. The van der Waals surface area contributed by atoms with E-state index >= 15 is 0 Å². The largest absolute Gasteiger partial charge is 0.497 e. The Morgan fingerprint density at radius 1 is 1.05 bits per heavy atom. The Hall–Kier alpha value is -2.82. The summed E-state index contributed by atoms with van der Waals surface area (Å²) in [6.45, 7) is 1.95. The predicted octanol–water partition coefficient (Wildman–Crippen LogP) is 2.00. The van der Waals surface area contributed by atoms with Crippen LogP contribution >= 0.6 is 0 Å². The molecule has 0 atom stereocenters. The summed E-state index contributed by atoms with van der Waals surface area (Å²) in [7, 11) is 1.53. The van der Waals surface area contributed by atoms with Gasteiger partial charge in [-0.1, -0.05) is 17.7 Å². The van der Waals surface area contributed by atoms with Gasteiger partial charge in [-0.3, -0.25) is 4.79 Å². The maximum atomic E-state index is 12.6. The fourth-order valence-corrected chi connectivity index (χ4v) is 2.25. The molecule has 0 unspecified atom stereocenters. The molecule has 0 fully saturated rings. The summed E-state index contributed by atoms with van der Waals surface area (Å²) in [5.74, 6) is 0.571. The molecule has 0 bridgehead atoms. The molecular formula is C16H14N2O3. The molecule has 3 aromatic rings. The van der Waals surface area contributed by atoms with Crippen molar-refractivity contribution in [3.05, 3.63) is 68.9 Å². The van der Waals surface area contributed by atoms with Gasteiger partial charge in [0.2, 0.25) is 0 Å². The number of aromatic nitrogens is 2. The zero-order valence-electron chi connectivity index (χ0n) is 11.7. The zero-order chi connectivity index (χ0) is 15.0. The van der Waals surface area contributed by atoms with Crippen LogP contribution in [0.3, 0.4) is 0 Å². The first-order chi connectivity index (χ1) is 10.1. The second kappa shape index (κ2) is 4.94. The maximum absolute atomic E-state index is 12.6. The monoisotopic (exact) mass is 282 g/mol. The van der Waals surface area contributed by atoms with E-state index in [1.54, 1.807) is 30.3 Å². The Labute approximate surface area is 120 Å². The second-order valence-corrected chi connectivity index (χ2v) is 4.82. The Morgan fingerprint density at radius 3 is 2.43 bits per heavy atom. The van der Waals surface area contributed by atoms with Crippen molar-refractivity contribution < 1.29 is 4.74 Å². The smallest absolute Gasteiger partial charge is 0.333 e. The van der Waals surface area contributed by atoms with Crippen LogP contribution in [0.1, 0.15) is 5.56 Å². The van der Waals surface area contributed by atoms with Gasteiger partial charge in [-0.05, 0) is 37.3 Å². The summed E-state index contributed by atoms with van der Waals surface area (Å²) in [6, 6.07) is 12.2. The number of hydrogen-bond acceptors (Lipinski definition) is 3. The highest BCUT2D eigenvalue weighted by Gasteiger charge is 2.10. The summed E-state index contributed by atoms with van der Waals surface area (Å²) in [5, 5.41) is 0.412. The lowest BCUT2D eigenvalue weighted by Gasteiger charge is -2.07. The van der Waals surface area contributed by atoms with Crippen LogP contribution in [0.5, 0.6) is 5.75 Å². The number of hydrogen-bond donors (Lipinski definition) is 1. The van der Waals surface area contributed by atoms with Gasteiger partial charge in [0.25, 0.3) is 5.56 Å². The minimum absolute atomic E-state index is 0.364. The lowest BCUT2D eigenvalue weighted by molar-refractivity contribution is 0.415. The average Bonchev–Trinajstić information content (AvgIpc) is 2.49. The van der Waals surface area contributed by atoms with E-state index in [9.17, 15) is 9.59 Å². The molecule has 0 saturated carbocycles. The van der Waals surface area contributed by atoms with Crippen LogP contribution in [0.15, 0.2) is 52.1 Å². The molecule has 0 aliphatic heterocycles. The van der Waals surface area contributed by atoms with E-state index in [0.717, 1.165) is 10.1 Å². The van der Waals surface area contributed by atoms with E-state index in [2.05, 4.69) is 4.98 Å². The number of aryl methyl sites for hydroxylation is 1. The Kier molecular flexibility index (Phi) is 3.10. The number of rotatable bonds is 2.